The summed E-state index contributed by atoms with van der Waals surface area (Å²) >= 11 is 7.48. The molecule has 1 unspecified atom stereocenters. The van der Waals surface area contributed by atoms with Crippen molar-refractivity contribution in [1.29, 1.82) is 0 Å². The molecule has 0 bridgehead atoms. The molecule has 4 heteroatoms. The summed E-state index contributed by atoms with van der Waals surface area (Å²) in [7, 11) is 1.84. The second-order valence-electron chi connectivity index (χ2n) is 4.29. The molecule has 2 rings (SSSR count). The van der Waals surface area contributed by atoms with E-state index in [1.165, 1.54) is 16.5 Å². The molecule has 96 valence electrons. The van der Waals surface area contributed by atoms with Gasteiger partial charge < -0.3 is 5.32 Å². The van der Waals surface area contributed by atoms with Crippen molar-refractivity contribution in [3.05, 3.63) is 56.0 Å². The Morgan fingerprint density at radius 1 is 1.28 bits per heavy atom. The van der Waals surface area contributed by atoms with Gasteiger partial charge in [-0.25, -0.2) is 4.39 Å². The summed E-state index contributed by atoms with van der Waals surface area (Å²) in [6.45, 7) is 4.11. The summed E-state index contributed by atoms with van der Waals surface area (Å²) in [6.07, 6.45) is 0. The number of rotatable bonds is 3. The molecule has 0 saturated carbocycles. The van der Waals surface area contributed by atoms with Crippen LogP contribution in [0.2, 0.25) is 5.02 Å². The lowest BCUT2D eigenvalue weighted by molar-refractivity contribution is 0.578. The highest BCUT2D eigenvalue weighted by Gasteiger charge is 2.20. The number of hydrogen-bond acceptors (Lipinski definition) is 2. The molecule has 1 aromatic carbocycles. The van der Waals surface area contributed by atoms with Crippen LogP contribution >= 0.6 is 22.9 Å². The molecule has 0 fully saturated rings. The Labute approximate surface area is 116 Å². The van der Waals surface area contributed by atoms with E-state index in [1.54, 1.807) is 23.5 Å². The Balaban J connectivity index is 2.48. The van der Waals surface area contributed by atoms with Gasteiger partial charge in [0, 0.05) is 20.3 Å². The van der Waals surface area contributed by atoms with E-state index in [4.69, 9.17) is 11.6 Å². The predicted octanol–water partition coefficient (Wildman–Crippen LogP) is 4.47. The van der Waals surface area contributed by atoms with Crippen LogP contribution in [0.5, 0.6) is 0 Å². The van der Waals surface area contributed by atoms with Crippen molar-refractivity contribution in [3.63, 3.8) is 0 Å². The third kappa shape index (κ3) is 2.58. The molecule has 0 saturated heterocycles. The Morgan fingerprint density at radius 3 is 2.50 bits per heavy atom. The van der Waals surface area contributed by atoms with Crippen LogP contribution in [0, 0.1) is 19.7 Å². The maximum Gasteiger partial charge on any atom is 0.129 e. The van der Waals surface area contributed by atoms with Crippen molar-refractivity contribution < 1.29 is 4.39 Å². The summed E-state index contributed by atoms with van der Waals surface area (Å²) in [4.78, 5) is 2.38. The zero-order valence-corrected chi connectivity index (χ0v) is 12.1. The SMILES string of the molecule is CNC(c1ccc(Cl)cc1F)c1sc(C)cc1C. The van der Waals surface area contributed by atoms with E-state index in [-0.39, 0.29) is 11.9 Å². The van der Waals surface area contributed by atoms with E-state index >= 15 is 0 Å². The topological polar surface area (TPSA) is 12.0 Å². The summed E-state index contributed by atoms with van der Waals surface area (Å²) in [5.41, 5.74) is 1.82. The molecule has 1 heterocycles. The van der Waals surface area contributed by atoms with Crippen LogP contribution in [0.4, 0.5) is 4.39 Å². The van der Waals surface area contributed by atoms with Gasteiger partial charge >= 0.3 is 0 Å². The average Bonchev–Trinajstić information content (AvgIpc) is 2.62. The minimum atomic E-state index is -0.271. The predicted molar refractivity (Wildman–Crippen MR) is 76.1 cm³/mol. The molecule has 1 nitrogen and oxygen atoms in total. The van der Waals surface area contributed by atoms with E-state index in [1.807, 2.05) is 7.05 Å². The summed E-state index contributed by atoms with van der Waals surface area (Å²) < 4.78 is 14.0. The molecule has 0 aliphatic carbocycles. The first-order valence-electron chi connectivity index (χ1n) is 5.72. The number of thiophene rings is 1. The van der Waals surface area contributed by atoms with Gasteiger partial charge in [0.05, 0.1) is 6.04 Å². The lowest BCUT2D eigenvalue weighted by Gasteiger charge is -2.17. The van der Waals surface area contributed by atoms with E-state index in [0.29, 0.717) is 10.6 Å². The molecule has 18 heavy (non-hydrogen) atoms. The zero-order valence-electron chi connectivity index (χ0n) is 10.6. The number of aryl methyl sites for hydroxylation is 2. The third-order valence-electron chi connectivity index (χ3n) is 2.90. The van der Waals surface area contributed by atoms with Crippen molar-refractivity contribution in [2.24, 2.45) is 0 Å². The van der Waals surface area contributed by atoms with Gasteiger partial charge in [0.15, 0.2) is 0 Å². The molecule has 1 aromatic heterocycles. The normalized spacial score (nSPS) is 12.7. The minimum absolute atomic E-state index is 0.124. The Bertz CT molecular complexity index is 565. The second-order valence-corrected chi connectivity index (χ2v) is 6.02. The Morgan fingerprint density at radius 2 is 2.00 bits per heavy atom. The molecule has 0 aliphatic heterocycles. The summed E-state index contributed by atoms with van der Waals surface area (Å²) in [6, 6.07) is 6.82. The number of nitrogens with one attached hydrogen (secondary N) is 1. The molecule has 0 spiro atoms. The molecule has 1 atom stereocenters. The van der Waals surface area contributed by atoms with Gasteiger partial charge in [-0.3, -0.25) is 0 Å². The highest BCUT2D eigenvalue weighted by atomic mass is 35.5. The average molecular weight is 284 g/mol. The number of halogens is 2. The van der Waals surface area contributed by atoms with Gasteiger partial charge in [-0.2, -0.15) is 0 Å². The van der Waals surface area contributed by atoms with Crippen LogP contribution in [0.3, 0.4) is 0 Å². The van der Waals surface area contributed by atoms with Crippen molar-refractivity contribution in [2.45, 2.75) is 19.9 Å². The van der Waals surface area contributed by atoms with Crippen molar-refractivity contribution in [2.75, 3.05) is 7.05 Å². The van der Waals surface area contributed by atoms with E-state index in [0.717, 1.165) is 4.88 Å². The van der Waals surface area contributed by atoms with Crippen LogP contribution in [-0.4, -0.2) is 7.05 Å². The van der Waals surface area contributed by atoms with Gasteiger partial charge in [0.1, 0.15) is 5.82 Å². The monoisotopic (exact) mass is 283 g/mol. The lowest BCUT2D eigenvalue weighted by atomic mass is 10.0. The summed E-state index contributed by atoms with van der Waals surface area (Å²) in [5, 5.41) is 3.60. The van der Waals surface area contributed by atoms with Crippen LogP contribution in [0.1, 0.15) is 26.9 Å². The summed E-state index contributed by atoms with van der Waals surface area (Å²) in [5.74, 6) is -0.271. The van der Waals surface area contributed by atoms with Gasteiger partial charge in [-0.1, -0.05) is 17.7 Å². The van der Waals surface area contributed by atoms with E-state index < -0.39 is 0 Å². The van der Waals surface area contributed by atoms with Crippen molar-refractivity contribution in [3.8, 4) is 0 Å². The van der Waals surface area contributed by atoms with Gasteiger partial charge in [-0.05, 0) is 44.7 Å². The molecular weight excluding hydrogens is 269 g/mol. The molecule has 1 N–H and O–H groups in total. The van der Waals surface area contributed by atoms with Crippen LogP contribution < -0.4 is 5.32 Å². The fourth-order valence-corrected chi connectivity index (χ4v) is 3.43. The van der Waals surface area contributed by atoms with Crippen molar-refractivity contribution >= 4 is 22.9 Å². The standard InChI is InChI=1S/C14H15ClFNS/c1-8-6-9(2)18-14(8)13(17-3)11-5-4-10(15)7-12(11)16/h4-7,13,17H,1-3H3. The highest BCUT2D eigenvalue weighted by Crippen LogP contribution is 2.33. The highest BCUT2D eigenvalue weighted by molar-refractivity contribution is 7.12. The number of benzene rings is 1. The van der Waals surface area contributed by atoms with Gasteiger partial charge in [0.25, 0.3) is 0 Å². The maximum atomic E-state index is 14.0. The largest absolute Gasteiger partial charge is 0.309 e. The first kappa shape index (κ1) is 13.5. The van der Waals surface area contributed by atoms with E-state index in [2.05, 4.69) is 25.2 Å². The quantitative estimate of drug-likeness (QED) is 0.876. The fourth-order valence-electron chi connectivity index (χ4n) is 2.11. The molecular formula is C14H15ClFNS. The van der Waals surface area contributed by atoms with Gasteiger partial charge in [0.2, 0.25) is 0 Å². The fraction of sp³-hybridized carbons (Fsp3) is 0.286. The maximum absolute atomic E-state index is 14.0. The van der Waals surface area contributed by atoms with Crippen LogP contribution in [-0.2, 0) is 0 Å². The van der Waals surface area contributed by atoms with E-state index in [9.17, 15) is 4.39 Å². The van der Waals surface area contributed by atoms with Gasteiger partial charge in [-0.15, -0.1) is 11.3 Å². The molecule has 0 aliphatic rings. The number of hydrogen-bond donors (Lipinski definition) is 1. The zero-order chi connectivity index (χ0) is 13.3. The Kier molecular flexibility index (Phi) is 4.05. The van der Waals surface area contributed by atoms with Crippen molar-refractivity contribution in [1.82, 2.24) is 5.32 Å². The lowest BCUT2D eigenvalue weighted by Crippen LogP contribution is -2.18. The molecule has 2 aromatic rings. The van der Waals surface area contributed by atoms with Crippen LogP contribution in [0.15, 0.2) is 24.3 Å². The minimum Gasteiger partial charge on any atom is -0.309 e. The van der Waals surface area contributed by atoms with Crippen LogP contribution in [0.25, 0.3) is 0 Å². The third-order valence-corrected chi connectivity index (χ3v) is 4.36. The molecule has 0 radical (unpaired) electrons. The molecule has 0 amide bonds. The smallest absolute Gasteiger partial charge is 0.129 e. The first-order valence-corrected chi connectivity index (χ1v) is 6.91. The Hall–Kier alpha value is -0.900. The second kappa shape index (κ2) is 5.39. The first-order chi connectivity index (χ1) is 8.52.